The number of ether oxygens (including phenoxy) is 2. The van der Waals surface area contributed by atoms with Crippen molar-refractivity contribution in [3.63, 3.8) is 0 Å². The summed E-state index contributed by atoms with van der Waals surface area (Å²) < 4.78 is 10.6. The van der Waals surface area contributed by atoms with Crippen molar-refractivity contribution in [2.24, 2.45) is 0 Å². The van der Waals surface area contributed by atoms with Crippen LogP contribution in [-0.2, 0) is 4.79 Å². The van der Waals surface area contributed by atoms with E-state index < -0.39 is 0 Å². The van der Waals surface area contributed by atoms with Gasteiger partial charge in [-0.05, 0) is 39.0 Å². The molecule has 1 aromatic heterocycles. The number of amides is 1. The molecule has 0 fully saturated rings. The number of methoxy groups -OCH3 is 2. The molecule has 1 unspecified atom stereocenters. The van der Waals surface area contributed by atoms with E-state index in [2.05, 4.69) is 15.3 Å². The number of nitrogens with zero attached hydrogens (tertiary/aromatic N) is 2. The van der Waals surface area contributed by atoms with E-state index in [9.17, 15) is 4.79 Å². The Kier molecular flexibility index (Phi) is 6.64. The summed E-state index contributed by atoms with van der Waals surface area (Å²) >= 11 is 1.32. The summed E-state index contributed by atoms with van der Waals surface area (Å²) in [5.41, 5.74) is 2.68. The molecule has 0 aliphatic heterocycles. The van der Waals surface area contributed by atoms with Crippen LogP contribution in [0.3, 0.4) is 0 Å². The SMILES string of the molecule is COc1ccc(C(C)NC(=O)CSc2nc(C)cc(C)n2)c(OC)c1. The number of carbonyl (C=O) groups is 1. The van der Waals surface area contributed by atoms with Gasteiger partial charge in [0.25, 0.3) is 0 Å². The average molecular weight is 361 g/mol. The Bertz CT molecular complexity index is 732. The summed E-state index contributed by atoms with van der Waals surface area (Å²) in [6, 6.07) is 7.26. The van der Waals surface area contributed by atoms with Gasteiger partial charge in [-0.25, -0.2) is 9.97 Å². The largest absolute Gasteiger partial charge is 0.497 e. The molecular formula is C18H23N3O3S. The minimum atomic E-state index is -0.186. The molecule has 0 saturated heterocycles. The van der Waals surface area contributed by atoms with Crippen LogP contribution in [0.25, 0.3) is 0 Å². The molecule has 1 atom stereocenters. The van der Waals surface area contributed by atoms with Crippen LogP contribution in [0.1, 0.15) is 29.9 Å². The van der Waals surface area contributed by atoms with Crippen LogP contribution in [0.5, 0.6) is 11.5 Å². The normalized spacial score (nSPS) is 11.7. The fourth-order valence-corrected chi connectivity index (χ4v) is 3.19. The van der Waals surface area contributed by atoms with Crippen LogP contribution in [0.4, 0.5) is 0 Å². The molecule has 1 aromatic carbocycles. The zero-order valence-electron chi connectivity index (χ0n) is 15.1. The number of nitrogens with one attached hydrogen (secondary N) is 1. The Morgan fingerprint density at radius 3 is 2.44 bits per heavy atom. The van der Waals surface area contributed by atoms with Crippen molar-refractivity contribution >= 4 is 17.7 Å². The van der Waals surface area contributed by atoms with E-state index in [1.807, 2.05) is 39.0 Å². The summed E-state index contributed by atoms with van der Waals surface area (Å²) in [4.78, 5) is 20.9. The first-order chi connectivity index (χ1) is 11.9. The molecule has 1 N–H and O–H groups in total. The zero-order chi connectivity index (χ0) is 18.4. The molecule has 0 bridgehead atoms. The van der Waals surface area contributed by atoms with E-state index in [-0.39, 0.29) is 17.7 Å². The molecule has 0 aliphatic carbocycles. The molecule has 25 heavy (non-hydrogen) atoms. The lowest BCUT2D eigenvalue weighted by molar-refractivity contribution is -0.119. The molecule has 0 spiro atoms. The van der Waals surface area contributed by atoms with Gasteiger partial charge in [0.1, 0.15) is 11.5 Å². The number of hydrogen-bond donors (Lipinski definition) is 1. The smallest absolute Gasteiger partial charge is 0.230 e. The first-order valence-electron chi connectivity index (χ1n) is 7.89. The van der Waals surface area contributed by atoms with Crippen LogP contribution in [0.2, 0.25) is 0 Å². The highest BCUT2D eigenvalue weighted by Gasteiger charge is 2.15. The third-order valence-corrected chi connectivity index (χ3v) is 4.43. The lowest BCUT2D eigenvalue weighted by atomic mass is 10.1. The summed E-state index contributed by atoms with van der Waals surface area (Å²) in [7, 11) is 3.20. The highest BCUT2D eigenvalue weighted by Crippen LogP contribution is 2.29. The summed E-state index contributed by atoms with van der Waals surface area (Å²) in [5, 5.41) is 3.58. The van der Waals surface area contributed by atoms with Gasteiger partial charge in [-0.1, -0.05) is 11.8 Å². The molecule has 0 radical (unpaired) electrons. The third kappa shape index (κ3) is 5.35. The second-order valence-electron chi connectivity index (χ2n) is 5.62. The van der Waals surface area contributed by atoms with E-state index in [0.717, 1.165) is 17.0 Å². The topological polar surface area (TPSA) is 73.3 Å². The van der Waals surface area contributed by atoms with Crippen LogP contribution in [-0.4, -0.2) is 35.8 Å². The minimum absolute atomic E-state index is 0.0851. The van der Waals surface area contributed by atoms with E-state index in [0.29, 0.717) is 16.7 Å². The Morgan fingerprint density at radius 1 is 1.16 bits per heavy atom. The number of hydrogen-bond acceptors (Lipinski definition) is 6. The molecule has 2 aromatic rings. The Hall–Kier alpha value is -2.28. The maximum Gasteiger partial charge on any atom is 0.230 e. The monoisotopic (exact) mass is 361 g/mol. The predicted molar refractivity (Wildman–Crippen MR) is 98.3 cm³/mol. The fraction of sp³-hybridized carbons (Fsp3) is 0.389. The maximum absolute atomic E-state index is 12.2. The quantitative estimate of drug-likeness (QED) is 0.603. The van der Waals surface area contributed by atoms with Gasteiger partial charge in [0.15, 0.2) is 5.16 Å². The lowest BCUT2D eigenvalue weighted by Gasteiger charge is -2.18. The van der Waals surface area contributed by atoms with E-state index >= 15 is 0 Å². The number of aromatic nitrogens is 2. The molecule has 6 nitrogen and oxygen atoms in total. The van der Waals surface area contributed by atoms with Crippen LogP contribution in [0.15, 0.2) is 29.4 Å². The first-order valence-corrected chi connectivity index (χ1v) is 8.88. The standard InChI is InChI=1S/C18H23N3O3S/c1-11-8-12(2)20-18(19-11)25-10-17(22)21-13(3)15-7-6-14(23-4)9-16(15)24-5/h6-9,13H,10H2,1-5H3,(H,21,22). The van der Waals surface area contributed by atoms with E-state index in [1.54, 1.807) is 20.3 Å². The molecule has 134 valence electrons. The van der Waals surface area contributed by atoms with Gasteiger partial charge in [0, 0.05) is 23.0 Å². The number of rotatable bonds is 7. The van der Waals surface area contributed by atoms with Crippen molar-refractivity contribution in [3.05, 3.63) is 41.2 Å². The van der Waals surface area contributed by atoms with Gasteiger partial charge in [0.05, 0.1) is 26.0 Å². The van der Waals surface area contributed by atoms with Crippen molar-refractivity contribution in [2.75, 3.05) is 20.0 Å². The van der Waals surface area contributed by atoms with Gasteiger partial charge in [-0.2, -0.15) is 0 Å². The van der Waals surface area contributed by atoms with Gasteiger partial charge in [0.2, 0.25) is 5.91 Å². The summed E-state index contributed by atoms with van der Waals surface area (Å²) in [5.74, 6) is 1.56. The maximum atomic E-state index is 12.2. The summed E-state index contributed by atoms with van der Waals surface area (Å²) in [6.45, 7) is 5.74. The predicted octanol–water partition coefficient (Wildman–Crippen LogP) is 3.08. The van der Waals surface area contributed by atoms with Crippen molar-refractivity contribution < 1.29 is 14.3 Å². The Balaban J connectivity index is 1.98. The number of carbonyl (C=O) groups excluding carboxylic acids is 1. The van der Waals surface area contributed by atoms with Crippen molar-refractivity contribution in [1.82, 2.24) is 15.3 Å². The number of aryl methyl sites for hydroxylation is 2. The Morgan fingerprint density at radius 2 is 1.84 bits per heavy atom. The molecule has 2 rings (SSSR count). The third-order valence-electron chi connectivity index (χ3n) is 3.58. The molecule has 0 saturated carbocycles. The molecule has 0 aliphatic rings. The van der Waals surface area contributed by atoms with Crippen molar-refractivity contribution in [3.8, 4) is 11.5 Å². The van der Waals surface area contributed by atoms with Crippen molar-refractivity contribution in [2.45, 2.75) is 32.0 Å². The number of thioether (sulfide) groups is 1. The highest BCUT2D eigenvalue weighted by atomic mass is 32.2. The van der Waals surface area contributed by atoms with Crippen LogP contribution in [0, 0.1) is 13.8 Å². The average Bonchev–Trinajstić information content (AvgIpc) is 2.58. The molecule has 1 heterocycles. The zero-order valence-corrected chi connectivity index (χ0v) is 15.9. The fourth-order valence-electron chi connectivity index (χ4n) is 2.43. The highest BCUT2D eigenvalue weighted by molar-refractivity contribution is 7.99. The number of benzene rings is 1. The van der Waals surface area contributed by atoms with Gasteiger partial charge < -0.3 is 14.8 Å². The Labute approximate surface area is 152 Å². The van der Waals surface area contributed by atoms with Gasteiger partial charge in [-0.3, -0.25) is 4.79 Å². The molecule has 7 heteroatoms. The van der Waals surface area contributed by atoms with Gasteiger partial charge >= 0.3 is 0 Å². The second-order valence-corrected chi connectivity index (χ2v) is 6.56. The molecule has 1 amide bonds. The van der Waals surface area contributed by atoms with E-state index in [4.69, 9.17) is 9.47 Å². The minimum Gasteiger partial charge on any atom is -0.497 e. The van der Waals surface area contributed by atoms with E-state index in [1.165, 1.54) is 11.8 Å². The van der Waals surface area contributed by atoms with Crippen molar-refractivity contribution in [1.29, 1.82) is 0 Å². The second kappa shape index (κ2) is 8.71. The first kappa shape index (κ1) is 19.1. The van der Waals surface area contributed by atoms with Crippen LogP contribution >= 0.6 is 11.8 Å². The summed E-state index contributed by atoms with van der Waals surface area (Å²) in [6.07, 6.45) is 0. The van der Waals surface area contributed by atoms with Gasteiger partial charge in [-0.15, -0.1) is 0 Å². The van der Waals surface area contributed by atoms with Crippen LogP contribution < -0.4 is 14.8 Å². The lowest BCUT2D eigenvalue weighted by Crippen LogP contribution is -2.28. The molecular weight excluding hydrogens is 338 g/mol.